The summed E-state index contributed by atoms with van der Waals surface area (Å²) >= 11 is 0. The summed E-state index contributed by atoms with van der Waals surface area (Å²) in [5.74, 6) is 0.425. The van der Waals surface area contributed by atoms with E-state index < -0.39 is 20.0 Å². The third kappa shape index (κ3) is 4.42. The quantitative estimate of drug-likeness (QED) is 0.580. The molecule has 4 rings (SSSR count). The Morgan fingerprint density at radius 1 is 0.812 bits per heavy atom. The van der Waals surface area contributed by atoms with Crippen molar-refractivity contribution in [3.63, 3.8) is 0 Å². The molecule has 0 aliphatic carbocycles. The van der Waals surface area contributed by atoms with E-state index in [-0.39, 0.29) is 28.7 Å². The highest BCUT2D eigenvalue weighted by molar-refractivity contribution is 7.89. The molecule has 2 aromatic rings. The van der Waals surface area contributed by atoms with Gasteiger partial charge in [-0.15, -0.1) is 0 Å². The Labute approximate surface area is 188 Å². The van der Waals surface area contributed by atoms with Crippen molar-refractivity contribution < 1.29 is 21.6 Å². The zero-order valence-corrected chi connectivity index (χ0v) is 19.5. The molecular weight excluding hydrogens is 452 g/mol. The number of ketones is 1. The maximum Gasteiger partial charge on any atom is 0.244 e. The molecule has 0 amide bonds. The Hall–Kier alpha value is -2.34. The predicted molar refractivity (Wildman–Crippen MR) is 120 cm³/mol. The molecule has 0 spiro atoms. The van der Waals surface area contributed by atoms with Crippen molar-refractivity contribution in [3.8, 4) is 0 Å². The van der Waals surface area contributed by atoms with Gasteiger partial charge in [0.05, 0.1) is 4.90 Å². The van der Waals surface area contributed by atoms with Crippen molar-refractivity contribution in [2.75, 3.05) is 44.2 Å². The third-order valence-electron chi connectivity index (χ3n) is 5.86. The van der Waals surface area contributed by atoms with E-state index in [1.54, 1.807) is 24.3 Å². The fraction of sp³-hybridized carbons (Fsp3) is 0.429. The summed E-state index contributed by atoms with van der Waals surface area (Å²) < 4.78 is 54.2. The zero-order chi connectivity index (χ0) is 22.9. The maximum absolute atomic E-state index is 13.0. The summed E-state index contributed by atoms with van der Waals surface area (Å²) in [7, 11) is -7.22. The molecule has 32 heavy (non-hydrogen) atoms. The number of aromatic nitrogens is 1. The van der Waals surface area contributed by atoms with Crippen molar-refractivity contribution in [1.82, 2.24) is 13.6 Å². The molecule has 2 fully saturated rings. The molecule has 0 saturated carbocycles. The van der Waals surface area contributed by atoms with Gasteiger partial charge in [-0.2, -0.15) is 8.61 Å². The number of piperazine rings is 1. The molecule has 3 heterocycles. The number of sulfonamides is 2. The molecule has 2 aliphatic rings. The van der Waals surface area contributed by atoms with Gasteiger partial charge in [0, 0.05) is 51.0 Å². The molecule has 0 radical (unpaired) electrons. The number of nitrogens with zero attached hydrogens (tertiary/aromatic N) is 4. The average molecular weight is 479 g/mol. The predicted octanol–water partition coefficient (Wildman–Crippen LogP) is 1.58. The van der Waals surface area contributed by atoms with E-state index >= 15 is 0 Å². The van der Waals surface area contributed by atoms with E-state index in [1.165, 1.54) is 33.9 Å². The number of carbonyl (C=O) groups is 1. The minimum Gasteiger partial charge on any atom is -0.354 e. The van der Waals surface area contributed by atoms with Crippen LogP contribution in [0.1, 0.15) is 30.1 Å². The summed E-state index contributed by atoms with van der Waals surface area (Å²) in [4.78, 5) is 18.1. The van der Waals surface area contributed by atoms with E-state index in [0.29, 0.717) is 37.6 Å². The van der Waals surface area contributed by atoms with Crippen molar-refractivity contribution in [1.29, 1.82) is 0 Å². The van der Waals surface area contributed by atoms with Gasteiger partial charge in [-0.1, -0.05) is 12.1 Å². The van der Waals surface area contributed by atoms with Crippen LogP contribution in [-0.2, 0) is 20.0 Å². The Balaban J connectivity index is 1.43. The van der Waals surface area contributed by atoms with Gasteiger partial charge in [0.15, 0.2) is 5.78 Å². The van der Waals surface area contributed by atoms with E-state index in [1.807, 2.05) is 4.90 Å². The second-order valence-electron chi connectivity index (χ2n) is 7.94. The average Bonchev–Trinajstić information content (AvgIpc) is 3.35. The Bertz CT molecular complexity index is 1200. The van der Waals surface area contributed by atoms with Crippen LogP contribution in [0.4, 0.5) is 5.82 Å². The summed E-state index contributed by atoms with van der Waals surface area (Å²) in [6.07, 6.45) is 3.12. The van der Waals surface area contributed by atoms with Crippen molar-refractivity contribution in [2.45, 2.75) is 29.6 Å². The van der Waals surface area contributed by atoms with E-state index in [2.05, 4.69) is 4.98 Å². The molecule has 0 N–H and O–H groups in total. The molecule has 11 heteroatoms. The first-order chi connectivity index (χ1) is 15.2. The lowest BCUT2D eigenvalue weighted by molar-refractivity contribution is 0.101. The number of Topliss-reactive ketones (excluding diaryl/α,β-unsaturated/α-hetero) is 1. The van der Waals surface area contributed by atoms with Gasteiger partial charge >= 0.3 is 0 Å². The molecule has 2 aliphatic heterocycles. The van der Waals surface area contributed by atoms with Crippen LogP contribution < -0.4 is 4.90 Å². The number of benzene rings is 1. The molecule has 0 atom stereocenters. The minimum absolute atomic E-state index is 0.105. The minimum atomic E-state index is -3.71. The number of carbonyl (C=O) groups excluding carboxylic acids is 1. The highest BCUT2D eigenvalue weighted by Crippen LogP contribution is 2.24. The zero-order valence-electron chi connectivity index (χ0n) is 17.8. The van der Waals surface area contributed by atoms with Crippen LogP contribution in [0, 0.1) is 0 Å². The molecule has 9 nitrogen and oxygen atoms in total. The monoisotopic (exact) mass is 478 g/mol. The van der Waals surface area contributed by atoms with Crippen LogP contribution >= 0.6 is 0 Å². The second kappa shape index (κ2) is 8.89. The van der Waals surface area contributed by atoms with Gasteiger partial charge in [0.1, 0.15) is 10.7 Å². The Morgan fingerprint density at radius 3 is 2.03 bits per heavy atom. The van der Waals surface area contributed by atoms with Gasteiger partial charge in [-0.25, -0.2) is 21.8 Å². The van der Waals surface area contributed by atoms with Gasteiger partial charge < -0.3 is 4.90 Å². The molecule has 1 aromatic carbocycles. The first-order valence-corrected chi connectivity index (χ1v) is 13.4. The summed E-state index contributed by atoms with van der Waals surface area (Å²) in [6, 6.07) is 9.30. The van der Waals surface area contributed by atoms with Gasteiger partial charge in [0.2, 0.25) is 20.0 Å². The van der Waals surface area contributed by atoms with Crippen LogP contribution in [0.2, 0.25) is 0 Å². The normalized spacial score (nSPS) is 18.7. The smallest absolute Gasteiger partial charge is 0.244 e. The summed E-state index contributed by atoms with van der Waals surface area (Å²) in [6.45, 7) is 3.86. The second-order valence-corrected chi connectivity index (χ2v) is 11.8. The van der Waals surface area contributed by atoms with Crippen LogP contribution in [0.5, 0.6) is 0 Å². The molecule has 1 aromatic heterocycles. The van der Waals surface area contributed by atoms with Crippen LogP contribution in [0.25, 0.3) is 0 Å². The number of anilines is 1. The van der Waals surface area contributed by atoms with Gasteiger partial charge in [-0.05, 0) is 44.0 Å². The standard InChI is InChI=1S/C21H26N4O5S2/c1-17(26)18-5-4-6-19(15-18)31(27,28)25-13-11-23(12-14-25)21-8-7-20(16-22-21)32(29,30)24-9-2-3-10-24/h4-8,15-16H,2-3,9-14H2,1H3. The van der Waals surface area contributed by atoms with E-state index in [0.717, 1.165) is 12.8 Å². The highest BCUT2D eigenvalue weighted by atomic mass is 32.2. The summed E-state index contributed by atoms with van der Waals surface area (Å²) in [5, 5.41) is 0. The topological polar surface area (TPSA) is 108 Å². The lowest BCUT2D eigenvalue weighted by Crippen LogP contribution is -2.48. The molecular formula is C21H26N4O5S2. The fourth-order valence-corrected chi connectivity index (χ4v) is 6.90. The van der Waals surface area contributed by atoms with Crippen LogP contribution in [-0.4, -0.2) is 75.5 Å². The number of pyridine rings is 1. The fourth-order valence-electron chi connectivity index (χ4n) is 3.97. The van der Waals surface area contributed by atoms with Gasteiger partial charge in [0.25, 0.3) is 0 Å². The lowest BCUT2D eigenvalue weighted by atomic mass is 10.2. The largest absolute Gasteiger partial charge is 0.354 e. The van der Waals surface area contributed by atoms with E-state index in [4.69, 9.17) is 0 Å². The highest BCUT2D eigenvalue weighted by Gasteiger charge is 2.30. The summed E-state index contributed by atoms with van der Waals surface area (Å²) in [5.41, 5.74) is 0.359. The van der Waals surface area contributed by atoms with Crippen LogP contribution in [0.15, 0.2) is 52.4 Å². The Kier molecular flexibility index (Phi) is 6.35. The lowest BCUT2D eigenvalue weighted by Gasteiger charge is -2.34. The molecule has 172 valence electrons. The third-order valence-corrected chi connectivity index (χ3v) is 9.64. The van der Waals surface area contributed by atoms with Crippen molar-refractivity contribution in [3.05, 3.63) is 48.2 Å². The van der Waals surface area contributed by atoms with E-state index in [9.17, 15) is 21.6 Å². The first-order valence-electron chi connectivity index (χ1n) is 10.5. The first kappa shape index (κ1) is 22.8. The van der Waals surface area contributed by atoms with Crippen molar-refractivity contribution in [2.24, 2.45) is 0 Å². The Morgan fingerprint density at radius 2 is 1.44 bits per heavy atom. The van der Waals surface area contributed by atoms with Crippen LogP contribution in [0.3, 0.4) is 0 Å². The SMILES string of the molecule is CC(=O)c1cccc(S(=O)(=O)N2CCN(c3ccc(S(=O)(=O)N4CCCC4)cn3)CC2)c1. The number of rotatable bonds is 6. The molecule has 0 bridgehead atoms. The van der Waals surface area contributed by atoms with Crippen molar-refractivity contribution >= 4 is 31.6 Å². The number of hydrogen-bond donors (Lipinski definition) is 0. The number of hydrogen-bond acceptors (Lipinski definition) is 7. The molecule has 2 saturated heterocycles. The van der Waals surface area contributed by atoms with Gasteiger partial charge in [-0.3, -0.25) is 4.79 Å². The molecule has 0 unspecified atom stereocenters. The maximum atomic E-state index is 13.0.